The van der Waals surface area contributed by atoms with Crippen molar-refractivity contribution < 1.29 is 29.0 Å². The van der Waals surface area contributed by atoms with Crippen LogP contribution in [0.25, 0.3) is 0 Å². The second kappa shape index (κ2) is 7.76. The Balaban J connectivity index is 1.95. The van der Waals surface area contributed by atoms with Gasteiger partial charge in [0.1, 0.15) is 5.00 Å². The largest absolute Gasteiger partial charge is 0.478 e. The normalized spacial score (nSPS) is 16.5. The zero-order chi connectivity index (χ0) is 20.6. The van der Waals surface area contributed by atoms with Crippen molar-refractivity contribution in [2.45, 2.75) is 30.4 Å². The lowest BCUT2D eigenvalue weighted by molar-refractivity contribution is -0.121. The second-order valence-corrected chi connectivity index (χ2v) is 8.58. The Kier molecular flexibility index (Phi) is 5.57. The van der Waals surface area contributed by atoms with Gasteiger partial charge in [-0.3, -0.25) is 9.59 Å². The molecule has 2 amide bonds. The molecule has 9 heteroatoms. The molecule has 1 saturated heterocycles. The van der Waals surface area contributed by atoms with E-state index in [-0.39, 0.29) is 22.5 Å². The van der Waals surface area contributed by atoms with Crippen LogP contribution in [-0.4, -0.2) is 41.2 Å². The van der Waals surface area contributed by atoms with Crippen molar-refractivity contribution in [3.05, 3.63) is 45.8 Å². The van der Waals surface area contributed by atoms with Crippen LogP contribution >= 0.6 is 23.1 Å². The average molecular weight is 419 g/mol. The highest BCUT2D eigenvalue weighted by Crippen LogP contribution is 2.41. The van der Waals surface area contributed by atoms with E-state index in [0.717, 1.165) is 21.5 Å². The maximum absolute atomic E-state index is 13.0. The SMILES string of the molecule is COC(=O)c1c(N2C(=O)C[C@@H](Sc3ccccc3C(=O)O)C2=O)sc(C)c1C. The minimum absolute atomic E-state index is 0.0734. The zero-order valence-electron chi connectivity index (χ0n) is 15.3. The first kappa shape index (κ1) is 20.1. The molecule has 0 radical (unpaired) electrons. The summed E-state index contributed by atoms with van der Waals surface area (Å²) in [5.41, 5.74) is 0.951. The van der Waals surface area contributed by atoms with E-state index in [1.807, 2.05) is 0 Å². The fourth-order valence-corrected chi connectivity index (χ4v) is 5.26. The lowest BCUT2D eigenvalue weighted by Gasteiger charge is -2.15. The quantitative estimate of drug-likeness (QED) is 0.586. The maximum atomic E-state index is 13.0. The molecule has 1 fully saturated rings. The van der Waals surface area contributed by atoms with Gasteiger partial charge in [0.05, 0.1) is 23.5 Å². The molecule has 2 heterocycles. The molecule has 146 valence electrons. The average Bonchev–Trinajstić information content (AvgIpc) is 3.10. The van der Waals surface area contributed by atoms with Crippen molar-refractivity contribution in [2.24, 2.45) is 0 Å². The van der Waals surface area contributed by atoms with Gasteiger partial charge in [0.25, 0.3) is 0 Å². The Morgan fingerprint density at radius 3 is 2.57 bits per heavy atom. The number of aryl methyl sites for hydroxylation is 1. The highest BCUT2D eigenvalue weighted by atomic mass is 32.2. The van der Waals surface area contributed by atoms with E-state index in [1.165, 1.54) is 24.5 Å². The van der Waals surface area contributed by atoms with E-state index in [4.69, 9.17) is 4.74 Å². The molecule has 1 aromatic carbocycles. The van der Waals surface area contributed by atoms with Gasteiger partial charge in [-0.1, -0.05) is 12.1 Å². The van der Waals surface area contributed by atoms with E-state index in [9.17, 15) is 24.3 Å². The molecule has 0 unspecified atom stereocenters. The summed E-state index contributed by atoms with van der Waals surface area (Å²) >= 11 is 2.23. The van der Waals surface area contributed by atoms with Crippen LogP contribution in [0.15, 0.2) is 29.2 Å². The van der Waals surface area contributed by atoms with Crippen molar-refractivity contribution in [3.8, 4) is 0 Å². The number of methoxy groups -OCH3 is 1. The summed E-state index contributed by atoms with van der Waals surface area (Å²) in [6.45, 7) is 3.54. The van der Waals surface area contributed by atoms with E-state index in [1.54, 1.807) is 32.0 Å². The predicted octanol–water partition coefficient (Wildman–Crippen LogP) is 3.27. The van der Waals surface area contributed by atoms with Crippen molar-refractivity contribution in [2.75, 3.05) is 12.0 Å². The third kappa shape index (κ3) is 3.43. The van der Waals surface area contributed by atoms with Gasteiger partial charge in [-0.25, -0.2) is 14.5 Å². The van der Waals surface area contributed by atoms with Crippen LogP contribution in [0.1, 0.15) is 37.6 Å². The number of nitrogens with zero attached hydrogens (tertiary/aromatic N) is 1. The van der Waals surface area contributed by atoms with Crippen LogP contribution in [0.2, 0.25) is 0 Å². The monoisotopic (exact) mass is 419 g/mol. The highest BCUT2D eigenvalue weighted by molar-refractivity contribution is 8.00. The molecule has 28 heavy (non-hydrogen) atoms. The van der Waals surface area contributed by atoms with E-state index in [2.05, 4.69) is 0 Å². The predicted molar refractivity (Wildman–Crippen MR) is 105 cm³/mol. The molecule has 0 bridgehead atoms. The number of esters is 1. The minimum atomic E-state index is -1.10. The molecule has 3 rings (SSSR count). The number of carboxylic acids is 1. The van der Waals surface area contributed by atoms with Crippen LogP contribution in [0, 0.1) is 13.8 Å². The van der Waals surface area contributed by atoms with Crippen LogP contribution < -0.4 is 4.90 Å². The van der Waals surface area contributed by atoms with Gasteiger partial charge >= 0.3 is 11.9 Å². The maximum Gasteiger partial charge on any atom is 0.341 e. The number of carboxylic acid groups (broad SMARTS) is 1. The fourth-order valence-electron chi connectivity index (χ4n) is 2.92. The molecule has 0 saturated carbocycles. The number of imide groups is 1. The number of aromatic carboxylic acids is 1. The number of anilines is 1. The Morgan fingerprint density at radius 2 is 1.93 bits per heavy atom. The Morgan fingerprint density at radius 1 is 1.25 bits per heavy atom. The first-order valence-electron chi connectivity index (χ1n) is 8.30. The number of hydrogen-bond acceptors (Lipinski definition) is 7. The van der Waals surface area contributed by atoms with Crippen molar-refractivity contribution in [1.82, 2.24) is 0 Å². The van der Waals surface area contributed by atoms with Gasteiger partial charge in [0.15, 0.2) is 0 Å². The summed E-state index contributed by atoms with van der Waals surface area (Å²) in [7, 11) is 1.24. The summed E-state index contributed by atoms with van der Waals surface area (Å²) in [6, 6.07) is 6.33. The minimum Gasteiger partial charge on any atom is -0.478 e. The number of hydrogen-bond donors (Lipinski definition) is 1. The lowest BCUT2D eigenvalue weighted by atomic mass is 10.1. The Bertz CT molecular complexity index is 996. The van der Waals surface area contributed by atoms with Gasteiger partial charge in [-0.05, 0) is 31.5 Å². The standard InChI is InChI=1S/C19H17NO6S2/c1-9-10(2)27-17(15(9)19(25)26-3)20-14(21)8-13(16(20)22)28-12-7-5-4-6-11(12)18(23)24/h4-7,13H,8H2,1-3H3,(H,23,24)/t13-/m1/s1. The van der Waals surface area contributed by atoms with Crippen LogP contribution in [0.5, 0.6) is 0 Å². The van der Waals surface area contributed by atoms with E-state index >= 15 is 0 Å². The fraction of sp³-hybridized carbons (Fsp3) is 0.263. The number of benzene rings is 1. The topological polar surface area (TPSA) is 101 Å². The molecular weight excluding hydrogens is 402 g/mol. The molecule has 7 nitrogen and oxygen atoms in total. The summed E-state index contributed by atoms with van der Waals surface area (Å²) < 4.78 is 4.81. The van der Waals surface area contributed by atoms with E-state index in [0.29, 0.717) is 10.5 Å². The van der Waals surface area contributed by atoms with Gasteiger partial charge in [-0.15, -0.1) is 23.1 Å². The summed E-state index contributed by atoms with van der Waals surface area (Å²) in [4.78, 5) is 51.4. The summed E-state index contributed by atoms with van der Waals surface area (Å²) in [6.07, 6.45) is -0.0753. The van der Waals surface area contributed by atoms with Gasteiger partial charge in [-0.2, -0.15) is 0 Å². The second-order valence-electron chi connectivity index (χ2n) is 6.13. The number of rotatable bonds is 5. The number of ether oxygens (including phenoxy) is 1. The van der Waals surface area contributed by atoms with Crippen LogP contribution in [-0.2, 0) is 14.3 Å². The molecule has 1 N–H and O–H groups in total. The highest BCUT2D eigenvalue weighted by Gasteiger charge is 2.43. The van der Waals surface area contributed by atoms with E-state index < -0.39 is 29.0 Å². The molecule has 1 atom stereocenters. The van der Waals surface area contributed by atoms with Gasteiger partial charge < -0.3 is 9.84 Å². The first-order chi connectivity index (χ1) is 13.3. The third-order valence-corrected chi connectivity index (χ3v) is 6.91. The number of carbonyl (C=O) groups excluding carboxylic acids is 3. The molecule has 0 spiro atoms. The molecule has 1 aromatic heterocycles. The molecule has 2 aromatic rings. The molecular formula is C19H17NO6S2. The van der Waals surface area contributed by atoms with Crippen molar-refractivity contribution in [1.29, 1.82) is 0 Å². The number of thiophene rings is 1. The smallest absolute Gasteiger partial charge is 0.341 e. The number of carbonyl (C=O) groups is 4. The third-order valence-electron chi connectivity index (χ3n) is 4.45. The first-order valence-corrected chi connectivity index (χ1v) is 10.00. The Hall–Kier alpha value is -2.65. The molecule has 0 aliphatic carbocycles. The molecule has 1 aliphatic rings. The summed E-state index contributed by atoms with van der Waals surface area (Å²) in [5.74, 6) is -2.61. The van der Waals surface area contributed by atoms with Crippen molar-refractivity contribution in [3.63, 3.8) is 0 Å². The Labute approximate surface area is 169 Å². The van der Waals surface area contributed by atoms with Gasteiger partial charge in [0, 0.05) is 16.2 Å². The van der Waals surface area contributed by atoms with Gasteiger partial charge in [0.2, 0.25) is 11.8 Å². The van der Waals surface area contributed by atoms with Crippen molar-refractivity contribution >= 4 is 51.9 Å². The van der Waals surface area contributed by atoms with Crippen LogP contribution in [0.4, 0.5) is 5.00 Å². The summed E-state index contributed by atoms with van der Waals surface area (Å²) in [5, 5.41) is 8.81. The lowest BCUT2D eigenvalue weighted by Crippen LogP contribution is -2.31. The zero-order valence-corrected chi connectivity index (χ0v) is 17.0. The van der Waals surface area contributed by atoms with Crippen LogP contribution in [0.3, 0.4) is 0 Å². The number of amides is 2. The number of thioether (sulfide) groups is 1. The molecule has 1 aliphatic heterocycles.